The van der Waals surface area contributed by atoms with Crippen molar-refractivity contribution in [2.24, 2.45) is 0 Å². The van der Waals surface area contributed by atoms with E-state index < -0.39 is 10.0 Å². The van der Waals surface area contributed by atoms with Crippen molar-refractivity contribution >= 4 is 15.7 Å². The van der Waals surface area contributed by atoms with Gasteiger partial charge in [0, 0.05) is 7.05 Å². The number of hydrogen-bond acceptors (Lipinski definition) is 3. The molecule has 0 aliphatic rings. The molecule has 0 aliphatic carbocycles. The van der Waals surface area contributed by atoms with Crippen LogP contribution in [0.25, 0.3) is 0 Å². The van der Waals surface area contributed by atoms with Gasteiger partial charge in [0.25, 0.3) is 10.0 Å². The first-order valence-electron chi connectivity index (χ1n) is 7.30. The Hall–Kier alpha value is -2.01. The third-order valence-electron chi connectivity index (χ3n) is 3.50. The Morgan fingerprint density at radius 2 is 1.64 bits per heavy atom. The molecule has 0 unspecified atom stereocenters. The van der Waals surface area contributed by atoms with Gasteiger partial charge in [-0.2, -0.15) is 0 Å². The second-order valence-electron chi connectivity index (χ2n) is 4.86. The van der Waals surface area contributed by atoms with E-state index in [1.807, 2.05) is 38.1 Å². The monoisotopic (exact) mass is 319 g/mol. The quantitative estimate of drug-likeness (QED) is 0.819. The number of benzene rings is 2. The number of nitrogens with zero attached hydrogens (tertiary/aromatic N) is 1. The van der Waals surface area contributed by atoms with Crippen molar-refractivity contribution in [3.63, 3.8) is 0 Å². The Morgan fingerprint density at radius 3 is 2.23 bits per heavy atom. The molecule has 0 saturated carbocycles. The molecule has 0 atom stereocenters. The van der Waals surface area contributed by atoms with Gasteiger partial charge in [0.1, 0.15) is 5.75 Å². The zero-order valence-electron chi connectivity index (χ0n) is 13.1. The number of sulfonamides is 1. The molecule has 0 N–H and O–H groups in total. The summed E-state index contributed by atoms with van der Waals surface area (Å²) in [4.78, 5) is 0.254. The highest BCUT2D eigenvalue weighted by atomic mass is 32.2. The van der Waals surface area contributed by atoms with Crippen LogP contribution in [-0.2, 0) is 16.4 Å². The largest absolute Gasteiger partial charge is 0.494 e. The first kappa shape index (κ1) is 16.4. The summed E-state index contributed by atoms with van der Waals surface area (Å²) >= 11 is 0. The highest BCUT2D eigenvalue weighted by molar-refractivity contribution is 7.92. The topological polar surface area (TPSA) is 46.6 Å². The lowest BCUT2D eigenvalue weighted by Gasteiger charge is -2.22. The maximum Gasteiger partial charge on any atom is 0.264 e. The molecule has 5 heteroatoms. The van der Waals surface area contributed by atoms with Crippen LogP contribution in [0.3, 0.4) is 0 Å². The van der Waals surface area contributed by atoms with Crippen molar-refractivity contribution in [2.75, 3.05) is 18.0 Å². The van der Waals surface area contributed by atoms with E-state index in [-0.39, 0.29) is 4.90 Å². The summed E-state index contributed by atoms with van der Waals surface area (Å²) in [6, 6.07) is 14.0. The fraction of sp³-hybridized carbons (Fsp3) is 0.294. The van der Waals surface area contributed by atoms with Gasteiger partial charge in [0.15, 0.2) is 0 Å². The van der Waals surface area contributed by atoms with E-state index in [9.17, 15) is 8.42 Å². The van der Waals surface area contributed by atoms with E-state index in [0.29, 0.717) is 18.0 Å². The minimum Gasteiger partial charge on any atom is -0.494 e. The van der Waals surface area contributed by atoms with Crippen LogP contribution in [0.1, 0.15) is 19.4 Å². The van der Waals surface area contributed by atoms with Gasteiger partial charge in [-0.15, -0.1) is 0 Å². The molecular formula is C17H21NO3S. The summed E-state index contributed by atoms with van der Waals surface area (Å²) in [6.07, 6.45) is 0.777. The van der Waals surface area contributed by atoms with Crippen LogP contribution in [0.5, 0.6) is 5.75 Å². The number of rotatable bonds is 6. The maximum absolute atomic E-state index is 12.8. The molecule has 2 rings (SSSR count). The lowest BCUT2D eigenvalue weighted by molar-refractivity contribution is 0.340. The first-order valence-corrected chi connectivity index (χ1v) is 8.74. The van der Waals surface area contributed by atoms with E-state index in [4.69, 9.17) is 4.74 Å². The van der Waals surface area contributed by atoms with Crippen LogP contribution < -0.4 is 9.04 Å². The Kier molecular flexibility index (Phi) is 5.08. The predicted octanol–water partition coefficient (Wildman–Crippen LogP) is 3.47. The standard InChI is InChI=1S/C17H21NO3S/c1-4-14-8-6-7-9-17(14)18(3)22(19,20)16-12-10-15(11-13-16)21-5-2/h6-13H,4-5H2,1-3H3. The average Bonchev–Trinajstić information content (AvgIpc) is 2.55. The zero-order valence-corrected chi connectivity index (χ0v) is 13.9. The normalized spacial score (nSPS) is 11.2. The summed E-state index contributed by atoms with van der Waals surface area (Å²) < 4.78 is 32.2. The van der Waals surface area contributed by atoms with Crippen molar-refractivity contribution in [1.82, 2.24) is 0 Å². The minimum atomic E-state index is -3.58. The molecule has 0 bridgehead atoms. The lowest BCUT2D eigenvalue weighted by Crippen LogP contribution is -2.27. The molecule has 0 spiro atoms. The zero-order chi connectivity index (χ0) is 16.2. The molecule has 2 aromatic rings. The number of ether oxygens (including phenoxy) is 1. The highest BCUT2D eigenvalue weighted by Crippen LogP contribution is 2.26. The smallest absolute Gasteiger partial charge is 0.264 e. The summed E-state index contributed by atoms with van der Waals surface area (Å²) in [6.45, 7) is 4.45. The van der Waals surface area contributed by atoms with Gasteiger partial charge >= 0.3 is 0 Å². The second kappa shape index (κ2) is 6.83. The molecule has 0 amide bonds. The van der Waals surface area contributed by atoms with Crippen molar-refractivity contribution < 1.29 is 13.2 Å². The van der Waals surface area contributed by atoms with Crippen LogP contribution in [0.2, 0.25) is 0 Å². The maximum atomic E-state index is 12.8. The average molecular weight is 319 g/mol. The van der Waals surface area contributed by atoms with Crippen LogP contribution in [0.15, 0.2) is 53.4 Å². The molecule has 22 heavy (non-hydrogen) atoms. The predicted molar refractivity (Wildman–Crippen MR) is 89.0 cm³/mol. The van der Waals surface area contributed by atoms with Crippen LogP contribution >= 0.6 is 0 Å². The van der Waals surface area contributed by atoms with E-state index in [1.165, 1.54) is 4.31 Å². The molecule has 0 saturated heterocycles. The second-order valence-corrected chi connectivity index (χ2v) is 6.83. The van der Waals surface area contributed by atoms with Gasteiger partial charge in [-0.1, -0.05) is 25.1 Å². The summed E-state index contributed by atoms with van der Waals surface area (Å²) in [5.74, 6) is 0.665. The Balaban J connectivity index is 2.36. The number of hydrogen-bond donors (Lipinski definition) is 0. The van der Waals surface area contributed by atoms with Crippen molar-refractivity contribution in [2.45, 2.75) is 25.2 Å². The molecule has 0 heterocycles. The Bertz CT molecular complexity index is 724. The number of aryl methyl sites for hydroxylation is 1. The van der Waals surface area contributed by atoms with Gasteiger partial charge in [0.05, 0.1) is 17.2 Å². The molecule has 4 nitrogen and oxygen atoms in total. The molecule has 0 aliphatic heterocycles. The third kappa shape index (κ3) is 3.25. The number of para-hydroxylation sites is 1. The van der Waals surface area contributed by atoms with E-state index in [2.05, 4.69) is 0 Å². The fourth-order valence-corrected chi connectivity index (χ4v) is 3.51. The molecule has 0 radical (unpaired) electrons. The van der Waals surface area contributed by atoms with Gasteiger partial charge in [-0.05, 0) is 49.2 Å². The molecular weight excluding hydrogens is 298 g/mol. The SMILES string of the molecule is CCOc1ccc(S(=O)(=O)N(C)c2ccccc2CC)cc1. The van der Waals surface area contributed by atoms with Crippen LogP contribution in [0.4, 0.5) is 5.69 Å². The van der Waals surface area contributed by atoms with Crippen molar-refractivity contribution in [3.05, 3.63) is 54.1 Å². The summed E-state index contributed by atoms with van der Waals surface area (Å²) in [7, 11) is -1.99. The van der Waals surface area contributed by atoms with Crippen molar-refractivity contribution in [1.29, 1.82) is 0 Å². The van der Waals surface area contributed by atoms with E-state index in [1.54, 1.807) is 31.3 Å². The number of anilines is 1. The molecule has 2 aromatic carbocycles. The Morgan fingerprint density at radius 1 is 1.00 bits per heavy atom. The molecule has 0 fully saturated rings. The Labute approximate surface area is 132 Å². The lowest BCUT2D eigenvalue weighted by atomic mass is 10.1. The summed E-state index contributed by atoms with van der Waals surface area (Å²) in [5, 5.41) is 0. The van der Waals surface area contributed by atoms with Crippen LogP contribution in [0, 0.1) is 0 Å². The molecule has 0 aromatic heterocycles. The van der Waals surface area contributed by atoms with Gasteiger partial charge < -0.3 is 4.74 Å². The first-order chi connectivity index (χ1) is 10.5. The summed E-state index contributed by atoms with van der Waals surface area (Å²) in [5.41, 5.74) is 1.71. The fourth-order valence-electron chi connectivity index (χ4n) is 2.28. The molecule has 118 valence electrons. The van der Waals surface area contributed by atoms with E-state index in [0.717, 1.165) is 12.0 Å². The van der Waals surface area contributed by atoms with Gasteiger partial charge in [-0.3, -0.25) is 4.31 Å². The third-order valence-corrected chi connectivity index (χ3v) is 5.29. The highest BCUT2D eigenvalue weighted by Gasteiger charge is 2.22. The van der Waals surface area contributed by atoms with E-state index >= 15 is 0 Å². The van der Waals surface area contributed by atoms with Gasteiger partial charge in [0.2, 0.25) is 0 Å². The van der Waals surface area contributed by atoms with Crippen LogP contribution in [-0.4, -0.2) is 22.1 Å². The van der Waals surface area contributed by atoms with Gasteiger partial charge in [-0.25, -0.2) is 8.42 Å². The minimum absolute atomic E-state index is 0.254. The van der Waals surface area contributed by atoms with Crippen molar-refractivity contribution in [3.8, 4) is 5.75 Å².